The van der Waals surface area contributed by atoms with E-state index in [1.807, 2.05) is 60.7 Å². The first-order valence-corrected chi connectivity index (χ1v) is 5.98. The van der Waals surface area contributed by atoms with Gasteiger partial charge in [0.25, 0.3) is 0 Å². The monoisotopic (exact) mass is 238 g/mol. The fourth-order valence-electron chi connectivity index (χ4n) is 2.20. The molecule has 0 radical (unpaired) electrons. The highest BCUT2D eigenvalue weighted by molar-refractivity contribution is 6.05. The Kier molecular flexibility index (Phi) is 2.82. The molecule has 0 aliphatic carbocycles. The van der Waals surface area contributed by atoms with Gasteiger partial charge in [0.15, 0.2) is 0 Å². The maximum atomic E-state index is 10.4. The molecule has 0 spiro atoms. The molecule has 0 amide bonds. The SMILES string of the molecule is OC1C(c2ccccc2)=NNC1c1ccccc1. The van der Waals surface area contributed by atoms with E-state index < -0.39 is 6.10 Å². The van der Waals surface area contributed by atoms with E-state index in [9.17, 15) is 5.11 Å². The number of nitrogens with one attached hydrogen (secondary N) is 1. The summed E-state index contributed by atoms with van der Waals surface area (Å²) in [6, 6.07) is 19.5. The van der Waals surface area contributed by atoms with Crippen LogP contribution < -0.4 is 5.43 Å². The predicted octanol–water partition coefficient (Wildman–Crippen LogP) is 2.10. The summed E-state index contributed by atoms with van der Waals surface area (Å²) >= 11 is 0. The zero-order valence-electron chi connectivity index (χ0n) is 9.82. The van der Waals surface area contributed by atoms with E-state index >= 15 is 0 Å². The molecule has 2 atom stereocenters. The van der Waals surface area contributed by atoms with Crippen LogP contribution in [0.4, 0.5) is 0 Å². The molecule has 3 heteroatoms. The Labute approximate surface area is 106 Å². The molecule has 1 aliphatic rings. The average Bonchev–Trinajstić information content (AvgIpc) is 2.83. The summed E-state index contributed by atoms with van der Waals surface area (Å²) in [4.78, 5) is 0. The lowest BCUT2D eigenvalue weighted by Gasteiger charge is -2.15. The van der Waals surface area contributed by atoms with Crippen LogP contribution in [0.2, 0.25) is 0 Å². The van der Waals surface area contributed by atoms with Crippen LogP contribution in [0.5, 0.6) is 0 Å². The summed E-state index contributed by atoms with van der Waals surface area (Å²) in [5.41, 5.74) is 5.70. The zero-order chi connectivity index (χ0) is 12.4. The maximum Gasteiger partial charge on any atom is 0.124 e. The first-order valence-electron chi connectivity index (χ1n) is 5.98. The molecule has 2 N–H and O–H groups in total. The molecule has 2 aromatic carbocycles. The lowest BCUT2D eigenvalue weighted by molar-refractivity contribution is 0.207. The highest BCUT2D eigenvalue weighted by atomic mass is 16.3. The van der Waals surface area contributed by atoms with Gasteiger partial charge in [-0.05, 0) is 5.56 Å². The normalized spacial score (nSPS) is 22.4. The molecular weight excluding hydrogens is 224 g/mol. The fraction of sp³-hybridized carbons (Fsp3) is 0.133. The minimum absolute atomic E-state index is 0.165. The van der Waals surface area contributed by atoms with Gasteiger partial charge in [-0.25, -0.2) is 0 Å². The van der Waals surface area contributed by atoms with Crippen molar-refractivity contribution in [3.63, 3.8) is 0 Å². The molecule has 1 aliphatic heterocycles. The number of hydrogen-bond acceptors (Lipinski definition) is 3. The minimum Gasteiger partial charge on any atom is -0.384 e. The van der Waals surface area contributed by atoms with E-state index in [0.29, 0.717) is 5.71 Å². The third-order valence-corrected chi connectivity index (χ3v) is 3.15. The van der Waals surface area contributed by atoms with Crippen molar-refractivity contribution in [3.8, 4) is 0 Å². The second-order valence-electron chi connectivity index (χ2n) is 4.33. The minimum atomic E-state index is -0.616. The molecule has 90 valence electrons. The maximum absolute atomic E-state index is 10.4. The van der Waals surface area contributed by atoms with Crippen LogP contribution in [-0.4, -0.2) is 16.9 Å². The van der Waals surface area contributed by atoms with E-state index in [1.54, 1.807) is 0 Å². The van der Waals surface area contributed by atoms with Crippen LogP contribution in [0, 0.1) is 0 Å². The summed E-state index contributed by atoms with van der Waals surface area (Å²) in [6.07, 6.45) is -0.616. The lowest BCUT2D eigenvalue weighted by atomic mass is 9.96. The highest BCUT2D eigenvalue weighted by Gasteiger charge is 2.31. The van der Waals surface area contributed by atoms with Crippen molar-refractivity contribution in [3.05, 3.63) is 71.8 Å². The highest BCUT2D eigenvalue weighted by Crippen LogP contribution is 2.24. The summed E-state index contributed by atoms with van der Waals surface area (Å²) in [5.74, 6) is 0. The number of rotatable bonds is 2. The molecule has 0 saturated heterocycles. The Morgan fingerprint density at radius 1 is 0.889 bits per heavy atom. The van der Waals surface area contributed by atoms with Gasteiger partial charge >= 0.3 is 0 Å². The predicted molar refractivity (Wildman–Crippen MR) is 71.3 cm³/mol. The van der Waals surface area contributed by atoms with E-state index in [4.69, 9.17) is 0 Å². The lowest BCUT2D eigenvalue weighted by Crippen LogP contribution is -2.27. The topological polar surface area (TPSA) is 44.6 Å². The van der Waals surface area contributed by atoms with Crippen LogP contribution >= 0.6 is 0 Å². The number of hydrazone groups is 1. The van der Waals surface area contributed by atoms with Gasteiger partial charge in [0.1, 0.15) is 12.1 Å². The third kappa shape index (κ3) is 1.89. The third-order valence-electron chi connectivity index (χ3n) is 3.15. The van der Waals surface area contributed by atoms with Crippen molar-refractivity contribution in [2.75, 3.05) is 0 Å². The Morgan fingerprint density at radius 2 is 1.50 bits per heavy atom. The largest absolute Gasteiger partial charge is 0.384 e. The van der Waals surface area contributed by atoms with Gasteiger partial charge in [-0.1, -0.05) is 60.7 Å². The van der Waals surface area contributed by atoms with Crippen molar-refractivity contribution in [1.82, 2.24) is 5.43 Å². The average molecular weight is 238 g/mol. The van der Waals surface area contributed by atoms with E-state index in [-0.39, 0.29) is 6.04 Å². The quantitative estimate of drug-likeness (QED) is 0.841. The second-order valence-corrected chi connectivity index (χ2v) is 4.33. The van der Waals surface area contributed by atoms with E-state index in [0.717, 1.165) is 11.1 Å². The molecule has 0 saturated carbocycles. The Morgan fingerprint density at radius 3 is 2.17 bits per heavy atom. The molecule has 1 heterocycles. The number of hydrogen-bond donors (Lipinski definition) is 2. The van der Waals surface area contributed by atoms with Crippen LogP contribution in [-0.2, 0) is 0 Å². The van der Waals surface area contributed by atoms with Crippen molar-refractivity contribution in [2.45, 2.75) is 12.1 Å². The van der Waals surface area contributed by atoms with Gasteiger partial charge in [-0.3, -0.25) is 5.43 Å². The van der Waals surface area contributed by atoms with Gasteiger partial charge in [-0.15, -0.1) is 0 Å². The van der Waals surface area contributed by atoms with Crippen LogP contribution in [0.1, 0.15) is 17.2 Å². The van der Waals surface area contributed by atoms with Gasteiger partial charge in [0.05, 0.1) is 5.71 Å². The standard InChI is InChI=1S/C15H14N2O/c18-15-13(11-7-3-1-4-8-11)16-17-14(15)12-9-5-2-6-10-12/h1-10,13,15-16,18H. The van der Waals surface area contributed by atoms with Crippen LogP contribution in [0.15, 0.2) is 65.8 Å². The smallest absolute Gasteiger partial charge is 0.124 e. The number of nitrogens with zero attached hydrogens (tertiary/aromatic N) is 1. The summed E-state index contributed by atoms with van der Waals surface area (Å²) < 4.78 is 0. The summed E-state index contributed by atoms with van der Waals surface area (Å²) in [5, 5.41) is 14.6. The molecule has 18 heavy (non-hydrogen) atoms. The Hall–Kier alpha value is -2.13. The number of benzene rings is 2. The second kappa shape index (κ2) is 4.63. The summed E-state index contributed by atoms with van der Waals surface area (Å²) in [7, 11) is 0. The molecule has 2 aromatic rings. The van der Waals surface area contributed by atoms with E-state index in [2.05, 4.69) is 10.5 Å². The molecule has 0 aromatic heterocycles. The molecule has 3 rings (SSSR count). The molecule has 0 bridgehead atoms. The Balaban J connectivity index is 1.87. The number of aliphatic hydroxyl groups excluding tert-OH is 1. The number of aliphatic hydroxyl groups is 1. The zero-order valence-corrected chi connectivity index (χ0v) is 9.82. The molecule has 3 nitrogen and oxygen atoms in total. The van der Waals surface area contributed by atoms with Gasteiger partial charge in [0, 0.05) is 5.56 Å². The first-order chi connectivity index (χ1) is 8.86. The van der Waals surface area contributed by atoms with E-state index in [1.165, 1.54) is 0 Å². The van der Waals surface area contributed by atoms with Crippen molar-refractivity contribution in [1.29, 1.82) is 0 Å². The van der Waals surface area contributed by atoms with Crippen molar-refractivity contribution < 1.29 is 5.11 Å². The first kappa shape index (κ1) is 11.0. The molecule has 2 unspecified atom stereocenters. The van der Waals surface area contributed by atoms with Crippen molar-refractivity contribution in [2.24, 2.45) is 5.10 Å². The summed E-state index contributed by atoms with van der Waals surface area (Å²) in [6.45, 7) is 0. The van der Waals surface area contributed by atoms with Crippen LogP contribution in [0.25, 0.3) is 0 Å². The molecular formula is C15H14N2O. The fourth-order valence-corrected chi connectivity index (χ4v) is 2.20. The molecule has 0 fully saturated rings. The van der Waals surface area contributed by atoms with Crippen LogP contribution in [0.3, 0.4) is 0 Å². The van der Waals surface area contributed by atoms with Gasteiger partial charge in [-0.2, -0.15) is 5.10 Å². The van der Waals surface area contributed by atoms with Crippen molar-refractivity contribution >= 4 is 5.71 Å². The van der Waals surface area contributed by atoms with Gasteiger partial charge < -0.3 is 5.11 Å². The van der Waals surface area contributed by atoms with Gasteiger partial charge in [0.2, 0.25) is 0 Å². The Bertz CT molecular complexity index is 551.